The summed E-state index contributed by atoms with van der Waals surface area (Å²) in [6, 6.07) is 5.77. The number of benzene rings is 1. The van der Waals surface area contributed by atoms with Crippen LogP contribution >= 0.6 is 39.1 Å². The molecular weight excluding hydrogens is 307 g/mol. The molecule has 0 amide bonds. The largest absolute Gasteiger partial charge is 0.0922 e. The van der Waals surface area contributed by atoms with Gasteiger partial charge in [-0.25, -0.2) is 0 Å². The van der Waals surface area contributed by atoms with Crippen LogP contribution in [0.4, 0.5) is 0 Å². The Morgan fingerprint density at radius 3 is 2.25 bits per heavy atom. The molecule has 0 nitrogen and oxygen atoms in total. The number of hydrogen-bond acceptors (Lipinski definition) is 0. The Morgan fingerprint density at radius 1 is 1.19 bits per heavy atom. The first-order valence-electron chi connectivity index (χ1n) is 5.57. The molecule has 0 aromatic heterocycles. The minimum atomic E-state index is 0.303. The standard InChI is InChI=1S/C13H17BrCl2/c1-3-13(4-2,9-14)8-10-5-6-11(15)7-12(10)16/h5-7H,3-4,8-9H2,1-2H3. The zero-order chi connectivity index (χ0) is 12.2. The van der Waals surface area contributed by atoms with Crippen molar-refractivity contribution in [2.75, 3.05) is 5.33 Å². The summed E-state index contributed by atoms with van der Waals surface area (Å²) in [6.45, 7) is 4.46. The van der Waals surface area contributed by atoms with E-state index in [1.807, 2.05) is 18.2 Å². The molecule has 1 rings (SSSR count). The smallest absolute Gasteiger partial charge is 0.0453 e. The van der Waals surface area contributed by atoms with E-state index in [4.69, 9.17) is 23.2 Å². The summed E-state index contributed by atoms with van der Waals surface area (Å²) < 4.78 is 0. The van der Waals surface area contributed by atoms with Crippen LogP contribution in [-0.2, 0) is 6.42 Å². The average Bonchev–Trinajstić information content (AvgIpc) is 2.29. The van der Waals surface area contributed by atoms with Crippen molar-refractivity contribution in [3.8, 4) is 0 Å². The molecule has 0 saturated heterocycles. The van der Waals surface area contributed by atoms with Crippen molar-refractivity contribution in [2.24, 2.45) is 5.41 Å². The van der Waals surface area contributed by atoms with Crippen LogP contribution in [0.2, 0.25) is 10.0 Å². The summed E-state index contributed by atoms with van der Waals surface area (Å²) >= 11 is 15.7. The summed E-state index contributed by atoms with van der Waals surface area (Å²) in [4.78, 5) is 0. The Hall–Kier alpha value is 0.280. The summed E-state index contributed by atoms with van der Waals surface area (Å²) in [7, 11) is 0. The maximum absolute atomic E-state index is 6.21. The highest BCUT2D eigenvalue weighted by atomic mass is 79.9. The maximum Gasteiger partial charge on any atom is 0.0453 e. The highest BCUT2D eigenvalue weighted by Gasteiger charge is 2.25. The molecule has 0 saturated carbocycles. The molecule has 0 atom stereocenters. The predicted molar refractivity (Wildman–Crippen MR) is 77.0 cm³/mol. The van der Waals surface area contributed by atoms with Gasteiger partial charge in [-0.15, -0.1) is 0 Å². The van der Waals surface area contributed by atoms with Crippen LogP contribution < -0.4 is 0 Å². The molecule has 16 heavy (non-hydrogen) atoms. The fraction of sp³-hybridized carbons (Fsp3) is 0.538. The first-order valence-corrected chi connectivity index (χ1v) is 7.44. The van der Waals surface area contributed by atoms with Crippen molar-refractivity contribution in [3.63, 3.8) is 0 Å². The van der Waals surface area contributed by atoms with E-state index in [-0.39, 0.29) is 0 Å². The maximum atomic E-state index is 6.21. The van der Waals surface area contributed by atoms with Crippen LogP contribution in [0.5, 0.6) is 0 Å². The van der Waals surface area contributed by atoms with E-state index < -0.39 is 0 Å². The zero-order valence-corrected chi connectivity index (χ0v) is 12.8. The lowest BCUT2D eigenvalue weighted by Gasteiger charge is -2.30. The lowest BCUT2D eigenvalue weighted by molar-refractivity contribution is 0.307. The van der Waals surface area contributed by atoms with Gasteiger partial charge in [-0.05, 0) is 42.4 Å². The van der Waals surface area contributed by atoms with Crippen molar-refractivity contribution in [3.05, 3.63) is 33.8 Å². The first-order chi connectivity index (χ1) is 7.56. The number of rotatable bonds is 5. The van der Waals surface area contributed by atoms with Crippen molar-refractivity contribution in [1.29, 1.82) is 0 Å². The van der Waals surface area contributed by atoms with Gasteiger partial charge < -0.3 is 0 Å². The van der Waals surface area contributed by atoms with Gasteiger partial charge in [0.25, 0.3) is 0 Å². The third-order valence-corrected chi connectivity index (χ3v) is 5.14. The monoisotopic (exact) mass is 322 g/mol. The molecule has 0 fully saturated rings. The molecule has 0 N–H and O–H groups in total. The topological polar surface area (TPSA) is 0 Å². The van der Waals surface area contributed by atoms with Crippen LogP contribution in [0.1, 0.15) is 32.3 Å². The molecule has 1 aromatic rings. The van der Waals surface area contributed by atoms with E-state index in [0.29, 0.717) is 10.4 Å². The second kappa shape index (κ2) is 6.28. The Balaban J connectivity index is 2.93. The molecule has 0 heterocycles. The third-order valence-electron chi connectivity index (χ3n) is 3.36. The van der Waals surface area contributed by atoms with Crippen molar-refractivity contribution >= 4 is 39.1 Å². The zero-order valence-electron chi connectivity index (χ0n) is 9.69. The second-order valence-electron chi connectivity index (χ2n) is 4.25. The summed E-state index contributed by atoms with van der Waals surface area (Å²) in [6.07, 6.45) is 3.29. The van der Waals surface area contributed by atoms with Crippen molar-refractivity contribution in [1.82, 2.24) is 0 Å². The van der Waals surface area contributed by atoms with Gasteiger partial charge in [-0.2, -0.15) is 0 Å². The second-order valence-corrected chi connectivity index (χ2v) is 5.66. The van der Waals surface area contributed by atoms with Gasteiger partial charge in [-0.1, -0.05) is 59.0 Å². The minimum absolute atomic E-state index is 0.303. The van der Waals surface area contributed by atoms with Gasteiger partial charge in [0.2, 0.25) is 0 Å². The fourth-order valence-electron chi connectivity index (χ4n) is 1.81. The third kappa shape index (κ3) is 3.38. The molecule has 0 aliphatic heterocycles. The van der Waals surface area contributed by atoms with Crippen LogP contribution in [0, 0.1) is 5.41 Å². The quantitative estimate of drug-likeness (QED) is 0.606. The van der Waals surface area contributed by atoms with Crippen molar-refractivity contribution in [2.45, 2.75) is 33.1 Å². The van der Waals surface area contributed by atoms with E-state index >= 15 is 0 Å². The van der Waals surface area contributed by atoms with Crippen LogP contribution in [-0.4, -0.2) is 5.33 Å². The Bertz CT molecular complexity index is 338. The van der Waals surface area contributed by atoms with Gasteiger partial charge in [0.05, 0.1) is 0 Å². The molecule has 0 spiro atoms. The molecular formula is C13H17BrCl2. The highest BCUT2D eigenvalue weighted by molar-refractivity contribution is 9.09. The molecule has 0 aliphatic carbocycles. The van der Waals surface area contributed by atoms with Crippen LogP contribution in [0.25, 0.3) is 0 Å². The molecule has 0 unspecified atom stereocenters. The predicted octanol–water partition coefficient (Wildman–Crippen LogP) is 5.74. The van der Waals surface area contributed by atoms with E-state index in [2.05, 4.69) is 29.8 Å². The summed E-state index contributed by atoms with van der Waals surface area (Å²) in [5.74, 6) is 0. The van der Waals surface area contributed by atoms with Crippen LogP contribution in [0.15, 0.2) is 18.2 Å². The Kier molecular flexibility index (Phi) is 5.63. The number of hydrogen-bond donors (Lipinski definition) is 0. The van der Waals surface area contributed by atoms with Gasteiger partial charge in [0.15, 0.2) is 0 Å². The molecule has 90 valence electrons. The van der Waals surface area contributed by atoms with E-state index in [0.717, 1.165) is 29.6 Å². The average molecular weight is 324 g/mol. The van der Waals surface area contributed by atoms with E-state index in [9.17, 15) is 0 Å². The molecule has 1 aromatic carbocycles. The highest BCUT2D eigenvalue weighted by Crippen LogP contribution is 2.35. The molecule has 0 radical (unpaired) electrons. The Morgan fingerprint density at radius 2 is 1.81 bits per heavy atom. The molecule has 3 heteroatoms. The van der Waals surface area contributed by atoms with Gasteiger partial charge in [-0.3, -0.25) is 0 Å². The lowest BCUT2D eigenvalue weighted by atomic mass is 9.79. The lowest BCUT2D eigenvalue weighted by Crippen LogP contribution is -2.24. The summed E-state index contributed by atoms with van der Waals surface area (Å²) in [5, 5.41) is 2.48. The first kappa shape index (κ1) is 14.3. The van der Waals surface area contributed by atoms with Gasteiger partial charge in [0.1, 0.15) is 0 Å². The molecule has 0 aliphatic rings. The molecule has 0 bridgehead atoms. The Labute approximate surface area is 116 Å². The minimum Gasteiger partial charge on any atom is -0.0922 e. The summed E-state index contributed by atoms with van der Waals surface area (Å²) in [5.41, 5.74) is 1.49. The van der Waals surface area contributed by atoms with Gasteiger partial charge >= 0.3 is 0 Å². The fourth-order valence-corrected chi connectivity index (χ4v) is 3.27. The number of halogens is 3. The van der Waals surface area contributed by atoms with Gasteiger partial charge in [0, 0.05) is 15.4 Å². The number of alkyl halides is 1. The van der Waals surface area contributed by atoms with Crippen molar-refractivity contribution < 1.29 is 0 Å². The SMILES string of the molecule is CCC(CC)(CBr)Cc1ccc(Cl)cc1Cl. The van der Waals surface area contributed by atoms with E-state index in [1.54, 1.807) is 0 Å². The van der Waals surface area contributed by atoms with Crippen LogP contribution in [0.3, 0.4) is 0 Å². The van der Waals surface area contributed by atoms with E-state index in [1.165, 1.54) is 5.56 Å². The normalized spacial score (nSPS) is 11.8.